The molecule has 1 rings (SSSR count). The topological polar surface area (TPSA) is 63.1 Å². The molecule has 0 saturated heterocycles. The Balaban J connectivity index is 2.16. The Morgan fingerprint density at radius 3 is 2.92 bits per heavy atom. The van der Waals surface area contributed by atoms with Crippen molar-refractivity contribution >= 4 is 40.7 Å². The zero-order valence-corrected chi connectivity index (χ0v) is 8.95. The Hall–Kier alpha value is -0.330. The molecule has 7 heteroatoms. The molecule has 0 aromatic carbocycles. The van der Waals surface area contributed by atoms with Crippen molar-refractivity contribution in [1.29, 1.82) is 0 Å². The summed E-state index contributed by atoms with van der Waals surface area (Å²) in [5, 5.41) is 16.6. The first-order chi connectivity index (χ1) is 6.18. The number of hydrogen-bond donors (Lipinski definition) is 1. The molecular weight excluding hydrogens is 232 g/mol. The Labute approximate surface area is 88.3 Å². The van der Waals surface area contributed by atoms with Crippen LogP contribution in [0.1, 0.15) is 11.4 Å². The van der Waals surface area contributed by atoms with E-state index in [1.807, 2.05) is 0 Å². The van der Waals surface area contributed by atoms with Crippen molar-refractivity contribution in [3.63, 3.8) is 0 Å². The van der Waals surface area contributed by atoms with Crippen molar-refractivity contribution in [3.05, 3.63) is 9.47 Å². The molecular formula is C6H7ClN2O2S2. The van der Waals surface area contributed by atoms with Crippen LogP contribution in [-0.2, 0) is 10.5 Å². The highest BCUT2D eigenvalue weighted by Crippen LogP contribution is 2.19. The molecule has 0 spiro atoms. The van der Waals surface area contributed by atoms with Crippen molar-refractivity contribution in [2.24, 2.45) is 0 Å². The lowest BCUT2D eigenvalue weighted by atomic mass is 10.5. The van der Waals surface area contributed by atoms with Gasteiger partial charge in [-0.05, 0) is 11.6 Å². The number of nitrogens with zero attached hydrogens (tertiary/aromatic N) is 2. The predicted octanol–water partition coefficient (Wildman–Crippen LogP) is 1.90. The fraction of sp³-hybridized carbons (Fsp3) is 0.500. The molecule has 0 atom stereocenters. The lowest BCUT2D eigenvalue weighted by molar-refractivity contribution is -0.136. The molecule has 1 heterocycles. The average Bonchev–Trinajstić information content (AvgIpc) is 2.45. The summed E-state index contributed by atoms with van der Waals surface area (Å²) in [7, 11) is 0. The Morgan fingerprint density at radius 1 is 1.62 bits per heavy atom. The summed E-state index contributed by atoms with van der Waals surface area (Å²) in [6, 6.07) is 0. The first kappa shape index (κ1) is 10.7. The summed E-state index contributed by atoms with van der Waals surface area (Å²) in [4.78, 5) is 10.2. The zero-order valence-electron chi connectivity index (χ0n) is 6.57. The smallest absolute Gasteiger partial charge is 0.304 e. The Morgan fingerprint density at radius 2 is 2.38 bits per heavy atom. The Bertz CT molecular complexity index is 292. The average molecular weight is 239 g/mol. The van der Waals surface area contributed by atoms with E-state index in [0.29, 0.717) is 16.0 Å². The van der Waals surface area contributed by atoms with Crippen LogP contribution < -0.4 is 0 Å². The van der Waals surface area contributed by atoms with Crippen molar-refractivity contribution in [2.45, 2.75) is 12.2 Å². The first-order valence-electron chi connectivity index (χ1n) is 3.46. The van der Waals surface area contributed by atoms with Gasteiger partial charge in [0.1, 0.15) is 5.01 Å². The summed E-state index contributed by atoms with van der Waals surface area (Å²) in [5.41, 5.74) is 0. The van der Waals surface area contributed by atoms with E-state index in [2.05, 4.69) is 10.2 Å². The molecule has 1 aromatic heterocycles. The van der Waals surface area contributed by atoms with Crippen LogP contribution in [0.5, 0.6) is 0 Å². The molecule has 1 aromatic rings. The fourth-order valence-corrected chi connectivity index (χ4v) is 2.45. The molecule has 0 aliphatic heterocycles. The van der Waals surface area contributed by atoms with E-state index in [1.54, 1.807) is 0 Å². The number of hydrogen-bond acceptors (Lipinski definition) is 5. The Kier molecular flexibility index (Phi) is 4.47. The molecule has 0 aliphatic carbocycles. The van der Waals surface area contributed by atoms with Gasteiger partial charge < -0.3 is 5.11 Å². The van der Waals surface area contributed by atoms with Gasteiger partial charge in [-0.15, -0.1) is 10.2 Å². The number of carboxylic acids is 1. The minimum Gasteiger partial charge on any atom is -0.481 e. The van der Waals surface area contributed by atoms with Crippen molar-refractivity contribution < 1.29 is 9.90 Å². The zero-order chi connectivity index (χ0) is 9.68. The number of aromatic nitrogens is 2. The fourth-order valence-electron chi connectivity index (χ4n) is 0.610. The maximum absolute atomic E-state index is 10.2. The highest BCUT2D eigenvalue weighted by molar-refractivity contribution is 7.98. The predicted molar refractivity (Wildman–Crippen MR) is 53.3 cm³/mol. The van der Waals surface area contributed by atoms with Crippen LogP contribution in [0.3, 0.4) is 0 Å². The molecule has 0 fully saturated rings. The quantitative estimate of drug-likeness (QED) is 0.794. The standard InChI is InChI=1S/C6H7ClN2O2S2/c7-6-9-8-4(13-6)3-12-2-1-5(10)11/h1-3H2,(H,10,11). The number of thioether (sulfide) groups is 1. The highest BCUT2D eigenvalue weighted by Gasteiger charge is 2.02. The van der Waals surface area contributed by atoms with Gasteiger partial charge in [-0.25, -0.2) is 0 Å². The number of carboxylic acid groups (broad SMARTS) is 1. The third-order valence-electron chi connectivity index (χ3n) is 1.13. The van der Waals surface area contributed by atoms with Crippen LogP contribution in [-0.4, -0.2) is 27.0 Å². The monoisotopic (exact) mass is 238 g/mol. The van der Waals surface area contributed by atoms with Crippen LogP contribution in [0.25, 0.3) is 0 Å². The van der Waals surface area contributed by atoms with Crippen LogP contribution in [0.15, 0.2) is 0 Å². The second-order valence-electron chi connectivity index (χ2n) is 2.15. The number of halogens is 1. The number of carbonyl (C=O) groups is 1. The van der Waals surface area contributed by atoms with Crippen LogP contribution >= 0.6 is 34.7 Å². The van der Waals surface area contributed by atoms with E-state index < -0.39 is 5.97 Å². The molecule has 72 valence electrons. The largest absolute Gasteiger partial charge is 0.481 e. The minimum absolute atomic E-state index is 0.178. The van der Waals surface area contributed by atoms with Gasteiger partial charge in [0.25, 0.3) is 0 Å². The molecule has 0 unspecified atom stereocenters. The van der Waals surface area contributed by atoms with Crippen molar-refractivity contribution in [2.75, 3.05) is 5.75 Å². The molecule has 0 radical (unpaired) electrons. The van der Waals surface area contributed by atoms with E-state index in [-0.39, 0.29) is 6.42 Å². The van der Waals surface area contributed by atoms with Gasteiger partial charge in [0.15, 0.2) is 0 Å². The summed E-state index contributed by atoms with van der Waals surface area (Å²) >= 11 is 8.40. The van der Waals surface area contributed by atoms with E-state index in [9.17, 15) is 4.79 Å². The van der Waals surface area contributed by atoms with E-state index >= 15 is 0 Å². The van der Waals surface area contributed by atoms with Gasteiger partial charge in [0.05, 0.1) is 6.42 Å². The van der Waals surface area contributed by atoms with Crippen molar-refractivity contribution in [1.82, 2.24) is 10.2 Å². The van der Waals surface area contributed by atoms with E-state index in [1.165, 1.54) is 23.1 Å². The van der Waals surface area contributed by atoms with Crippen LogP contribution in [0.4, 0.5) is 0 Å². The van der Waals surface area contributed by atoms with Gasteiger partial charge in [0, 0.05) is 11.5 Å². The second kappa shape index (κ2) is 5.41. The van der Waals surface area contributed by atoms with Gasteiger partial charge in [-0.1, -0.05) is 11.3 Å². The minimum atomic E-state index is -0.775. The molecule has 0 saturated carbocycles. The van der Waals surface area contributed by atoms with Gasteiger partial charge in [-0.2, -0.15) is 11.8 Å². The third-order valence-corrected chi connectivity index (χ3v) is 3.30. The summed E-state index contributed by atoms with van der Waals surface area (Å²) < 4.78 is 0.425. The SMILES string of the molecule is O=C(O)CCSCc1nnc(Cl)s1. The first-order valence-corrected chi connectivity index (χ1v) is 5.81. The highest BCUT2D eigenvalue weighted by atomic mass is 35.5. The molecule has 0 bridgehead atoms. The summed E-state index contributed by atoms with van der Waals surface area (Å²) in [6.45, 7) is 0. The van der Waals surface area contributed by atoms with Gasteiger partial charge in [0.2, 0.25) is 4.47 Å². The molecule has 0 aliphatic rings. The maximum atomic E-state index is 10.2. The molecule has 1 N–H and O–H groups in total. The summed E-state index contributed by atoms with van der Waals surface area (Å²) in [6.07, 6.45) is 0.178. The maximum Gasteiger partial charge on any atom is 0.304 e. The van der Waals surface area contributed by atoms with Crippen LogP contribution in [0, 0.1) is 0 Å². The van der Waals surface area contributed by atoms with E-state index in [4.69, 9.17) is 16.7 Å². The normalized spacial score (nSPS) is 10.2. The van der Waals surface area contributed by atoms with Crippen molar-refractivity contribution in [3.8, 4) is 0 Å². The van der Waals surface area contributed by atoms with Gasteiger partial charge in [-0.3, -0.25) is 4.79 Å². The molecule has 4 nitrogen and oxygen atoms in total. The van der Waals surface area contributed by atoms with E-state index in [0.717, 1.165) is 5.01 Å². The van der Waals surface area contributed by atoms with Gasteiger partial charge >= 0.3 is 5.97 Å². The lowest BCUT2D eigenvalue weighted by Gasteiger charge is -1.93. The third kappa shape index (κ3) is 4.44. The molecule has 0 amide bonds. The van der Waals surface area contributed by atoms with Crippen LogP contribution in [0.2, 0.25) is 4.47 Å². The molecule has 13 heavy (non-hydrogen) atoms. The second-order valence-corrected chi connectivity index (χ2v) is 4.89. The summed E-state index contributed by atoms with van der Waals surface area (Å²) in [5.74, 6) is 0.493. The lowest BCUT2D eigenvalue weighted by Crippen LogP contribution is -1.96. The number of rotatable bonds is 5. The number of aliphatic carboxylic acids is 1.